The molecule has 0 saturated carbocycles. The van der Waals surface area contributed by atoms with Gasteiger partial charge in [-0.05, 0) is 39.2 Å². The molecule has 1 aliphatic rings. The van der Waals surface area contributed by atoms with Gasteiger partial charge in [-0.25, -0.2) is 13.1 Å². The lowest BCUT2D eigenvalue weighted by Crippen LogP contribution is -2.37. The predicted molar refractivity (Wildman–Crippen MR) is 90.0 cm³/mol. The first-order chi connectivity index (χ1) is 9.81. The van der Waals surface area contributed by atoms with E-state index in [9.17, 15) is 8.42 Å². The highest BCUT2D eigenvalue weighted by Gasteiger charge is 2.26. The van der Waals surface area contributed by atoms with E-state index in [1.165, 1.54) is 0 Å². The molecule has 0 radical (unpaired) electrons. The van der Waals surface area contributed by atoms with Crippen LogP contribution in [0.5, 0.6) is 0 Å². The van der Waals surface area contributed by atoms with Crippen LogP contribution in [0.4, 0.5) is 0 Å². The molecule has 6 nitrogen and oxygen atoms in total. The van der Waals surface area contributed by atoms with E-state index in [0.717, 1.165) is 25.9 Å². The summed E-state index contributed by atoms with van der Waals surface area (Å²) in [4.78, 5) is 0.334. The van der Waals surface area contributed by atoms with E-state index in [-0.39, 0.29) is 18.4 Å². The Morgan fingerprint density at radius 3 is 2.64 bits per heavy atom. The highest BCUT2D eigenvalue weighted by molar-refractivity contribution is 7.89. The Kier molecular flexibility index (Phi) is 6.85. The first-order valence-electron chi connectivity index (χ1n) is 7.58. The van der Waals surface area contributed by atoms with Crippen molar-refractivity contribution in [2.45, 2.75) is 58.0 Å². The summed E-state index contributed by atoms with van der Waals surface area (Å²) in [5, 5.41) is 7.67. The van der Waals surface area contributed by atoms with Gasteiger partial charge in [-0.1, -0.05) is 13.8 Å². The van der Waals surface area contributed by atoms with Gasteiger partial charge < -0.3 is 5.32 Å². The second kappa shape index (κ2) is 7.77. The molecule has 1 aromatic heterocycles. The average molecular weight is 351 g/mol. The third-order valence-corrected chi connectivity index (χ3v) is 5.48. The lowest BCUT2D eigenvalue weighted by Gasteiger charge is -2.12. The van der Waals surface area contributed by atoms with Crippen molar-refractivity contribution in [2.75, 3.05) is 13.1 Å². The first kappa shape index (κ1) is 19.4. The third kappa shape index (κ3) is 4.44. The van der Waals surface area contributed by atoms with Crippen molar-refractivity contribution < 1.29 is 8.42 Å². The molecule has 128 valence electrons. The van der Waals surface area contributed by atoms with Gasteiger partial charge in [-0.2, -0.15) is 5.10 Å². The molecule has 0 aromatic carbocycles. The number of rotatable bonds is 6. The summed E-state index contributed by atoms with van der Waals surface area (Å²) in [7, 11) is -3.50. The van der Waals surface area contributed by atoms with Gasteiger partial charge >= 0.3 is 0 Å². The van der Waals surface area contributed by atoms with Gasteiger partial charge in [-0.3, -0.25) is 4.68 Å². The molecule has 0 spiro atoms. The minimum atomic E-state index is -3.50. The summed E-state index contributed by atoms with van der Waals surface area (Å²) < 4.78 is 29.6. The first-order valence-corrected chi connectivity index (χ1v) is 9.06. The van der Waals surface area contributed by atoms with Gasteiger partial charge in [0.15, 0.2) is 0 Å². The Morgan fingerprint density at radius 2 is 2.09 bits per heavy atom. The van der Waals surface area contributed by atoms with Crippen LogP contribution in [0.2, 0.25) is 0 Å². The van der Waals surface area contributed by atoms with E-state index in [2.05, 4.69) is 29.0 Å². The molecule has 1 unspecified atom stereocenters. The fraction of sp³-hybridized carbons (Fsp3) is 0.786. The highest BCUT2D eigenvalue weighted by atomic mass is 35.5. The number of nitrogens with zero attached hydrogens (tertiary/aromatic N) is 2. The number of sulfonamides is 1. The molecule has 22 heavy (non-hydrogen) atoms. The average Bonchev–Trinajstić information content (AvgIpc) is 2.96. The second-order valence-corrected chi connectivity index (χ2v) is 7.92. The zero-order valence-electron chi connectivity index (χ0n) is 13.7. The van der Waals surface area contributed by atoms with Gasteiger partial charge in [-0.15, -0.1) is 12.4 Å². The van der Waals surface area contributed by atoms with Crippen LogP contribution in [-0.4, -0.2) is 37.3 Å². The summed E-state index contributed by atoms with van der Waals surface area (Å²) in [6.07, 6.45) is 2.13. The number of hydrogen-bond acceptors (Lipinski definition) is 4. The highest BCUT2D eigenvalue weighted by Crippen LogP contribution is 2.20. The Balaban J connectivity index is 0.00000242. The fourth-order valence-corrected chi connectivity index (χ4v) is 4.30. The number of aromatic nitrogens is 2. The van der Waals surface area contributed by atoms with Gasteiger partial charge in [0.2, 0.25) is 10.0 Å². The van der Waals surface area contributed by atoms with Crippen LogP contribution in [0.1, 0.15) is 38.1 Å². The number of nitrogens with one attached hydrogen (secondary N) is 2. The van der Waals surface area contributed by atoms with E-state index in [1.807, 2.05) is 6.92 Å². The van der Waals surface area contributed by atoms with Crippen LogP contribution >= 0.6 is 12.4 Å². The molecule has 1 saturated heterocycles. The van der Waals surface area contributed by atoms with Gasteiger partial charge in [0.05, 0.1) is 11.4 Å². The van der Waals surface area contributed by atoms with Crippen molar-refractivity contribution in [3.8, 4) is 0 Å². The number of halogens is 1. The topological polar surface area (TPSA) is 76.0 Å². The fourth-order valence-electron chi connectivity index (χ4n) is 2.81. The molecule has 0 amide bonds. The third-order valence-electron chi connectivity index (χ3n) is 3.80. The molecule has 8 heteroatoms. The van der Waals surface area contributed by atoms with Crippen molar-refractivity contribution >= 4 is 22.4 Å². The van der Waals surface area contributed by atoms with Gasteiger partial charge in [0.1, 0.15) is 4.90 Å². The molecule has 1 aliphatic heterocycles. The maximum atomic E-state index is 12.5. The van der Waals surface area contributed by atoms with Crippen LogP contribution in [0.25, 0.3) is 0 Å². The minimum absolute atomic E-state index is 0. The zero-order valence-corrected chi connectivity index (χ0v) is 15.4. The van der Waals surface area contributed by atoms with Crippen LogP contribution < -0.4 is 10.0 Å². The van der Waals surface area contributed by atoms with Crippen LogP contribution in [0.15, 0.2) is 4.90 Å². The Morgan fingerprint density at radius 1 is 1.41 bits per heavy atom. The minimum Gasteiger partial charge on any atom is -0.313 e. The smallest absolute Gasteiger partial charge is 0.244 e. The Bertz CT molecular complexity index is 592. The molecule has 2 rings (SSSR count). The van der Waals surface area contributed by atoms with E-state index in [1.54, 1.807) is 11.6 Å². The molecule has 1 aromatic rings. The molecule has 2 N–H and O–H groups in total. The van der Waals surface area contributed by atoms with Crippen LogP contribution in [0, 0.1) is 19.8 Å². The molecular formula is C14H27ClN4O2S. The maximum Gasteiger partial charge on any atom is 0.244 e. The van der Waals surface area contributed by atoms with Crippen LogP contribution in [0.3, 0.4) is 0 Å². The summed E-state index contributed by atoms with van der Waals surface area (Å²) >= 11 is 0. The zero-order chi connectivity index (χ0) is 15.6. The molecule has 1 atom stereocenters. The van der Waals surface area contributed by atoms with Crippen LogP contribution in [-0.2, 0) is 16.6 Å². The van der Waals surface area contributed by atoms with Crippen molar-refractivity contribution in [3.63, 3.8) is 0 Å². The second-order valence-electron chi connectivity index (χ2n) is 6.22. The molecular weight excluding hydrogens is 324 g/mol. The van der Waals surface area contributed by atoms with Crippen molar-refractivity contribution in [1.29, 1.82) is 0 Å². The molecule has 1 fully saturated rings. The standard InChI is InChI=1S/C14H26N4O2S.ClH/c1-10(2)9-18-12(4)14(11(3)17-18)21(19,20)16-8-13-6-5-7-15-13;/h10,13,15-16H,5-9H2,1-4H3;1H. The monoisotopic (exact) mass is 350 g/mol. The summed E-state index contributed by atoms with van der Waals surface area (Å²) in [5.74, 6) is 0.425. The molecule has 0 aliphatic carbocycles. The van der Waals surface area contributed by atoms with E-state index < -0.39 is 10.0 Å². The Hall–Kier alpha value is -0.630. The van der Waals surface area contributed by atoms with Crippen molar-refractivity contribution in [2.24, 2.45) is 5.92 Å². The number of aryl methyl sites for hydroxylation is 1. The number of hydrogen-bond donors (Lipinski definition) is 2. The molecule has 2 heterocycles. The van der Waals surface area contributed by atoms with Gasteiger partial charge in [0.25, 0.3) is 0 Å². The molecule has 0 bridgehead atoms. The maximum absolute atomic E-state index is 12.5. The Labute approximate surface area is 139 Å². The normalized spacial score (nSPS) is 18.7. The lowest BCUT2D eigenvalue weighted by atomic mass is 10.2. The van der Waals surface area contributed by atoms with Gasteiger partial charge in [0, 0.05) is 19.1 Å². The summed E-state index contributed by atoms with van der Waals surface area (Å²) in [6, 6.07) is 0.242. The van der Waals surface area contributed by atoms with E-state index in [0.29, 0.717) is 28.7 Å². The summed E-state index contributed by atoms with van der Waals surface area (Å²) in [6.45, 7) is 9.90. The van der Waals surface area contributed by atoms with Crippen molar-refractivity contribution in [1.82, 2.24) is 19.8 Å². The summed E-state index contributed by atoms with van der Waals surface area (Å²) in [5.41, 5.74) is 1.29. The van der Waals surface area contributed by atoms with E-state index in [4.69, 9.17) is 0 Å². The SMILES string of the molecule is Cc1nn(CC(C)C)c(C)c1S(=O)(=O)NCC1CCCN1.Cl. The van der Waals surface area contributed by atoms with Crippen molar-refractivity contribution in [3.05, 3.63) is 11.4 Å². The lowest BCUT2D eigenvalue weighted by molar-refractivity contribution is 0.471. The largest absolute Gasteiger partial charge is 0.313 e. The van der Waals surface area contributed by atoms with E-state index >= 15 is 0 Å². The quantitative estimate of drug-likeness (QED) is 0.817. The predicted octanol–water partition coefficient (Wildman–Crippen LogP) is 1.61.